The van der Waals surface area contributed by atoms with Crippen molar-refractivity contribution in [3.8, 4) is 22.5 Å². The van der Waals surface area contributed by atoms with Gasteiger partial charge in [-0.05, 0) is 17.7 Å². The lowest BCUT2D eigenvalue weighted by atomic mass is 10.1. The number of hydrogen-bond acceptors (Lipinski definition) is 4. The van der Waals surface area contributed by atoms with E-state index in [4.69, 9.17) is 0 Å². The molecule has 0 saturated carbocycles. The quantitative estimate of drug-likeness (QED) is 0.460. The van der Waals surface area contributed by atoms with Crippen LogP contribution in [0.2, 0.25) is 0 Å². The van der Waals surface area contributed by atoms with Gasteiger partial charge in [0.05, 0.1) is 16.3 Å². The van der Waals surface area contributed by atoms with E-state index in [1.54, 1.807) is 18.2 Å². The average Bonchev–Trinajstić information content (AvgIpc) is 3.07. The maximum absolute atomic E-state index is 12.4. The molecule has 0 aliphatic rings. The average molecular weight is 332 g/mol. The van der Waals surface area contributed by atoms with Gasteiger partial charge in [-0.15, -0.1) is 0 Å². The predicted octanol–water partition coefficient (Wildman–Crippen LogP) is 3.26. The molecule has 25 heavy (non-hydrogen) atoms. The van der Waals surface area contributed by atoms with E-state index in [1.165, 1.54) is 22.7 Å². The first kappa shape index (κ1) is 14.8. The summed E-state index contributed by atoms with van der Waals surface area (Å²) in [6.07, 6.45) is 0. The molecule has 0 fully saturated rings. The van der Waals surface area contributed by atoms with Crippen LogP contribution in [0.4, 0.5) is 5.69 Å². The van der Waals surface area contributed by atoms with Gasteiger partial charge in [0, 0.05) is 29.8 Å². The minimum Gasteiger partial charge on any atom is -0.289 e. The lowest BCUT2D eigenvalue weighted by Crippen LogP contribution is -2.14. The lowest BCUT2D eigenvalue weighted by Gasteiger charge is -2.01. The summed E-state index contributed by atoms with van der Waals surface area (Å²) >= 11 is 0. The van der Waals surface area contributed by atoms with Gasteiger partial charge in [0.25, 0.3) is 11.2 Å². The molecule has 0 radical (unpaired) electrons. The van der Waals surface area contributed by atoms with Gasteiger partial charge in [0.15, 0.2) is 5.65 Å². The minimum atomic E-state index is -0.465. The van der Waals surface area contributed by atoms with E-state index in [0.29, 0.717) is 16.9 Å². The van der Waals surface area contributed by atoms with Crippen molar-refractivity contribution in [1.82, 2.24) is 14.6 Å². The van der Waals surface area contributed by atoms with Crippen LogP contribution in [0.5, 0.6) is 0 Å². The molecule has 2 aromatic carbocycles. The Bertz CT molecular complexity index is 1130. The normalized spacial score (nSPS) is 10.9. The number of aromatic nitrogens is 3. The SMILES string of the molecule is O=c1cc(-c2ccc([N+](=O)[O-])cc2)nc2cc(-c3ccccc3)[nH]n12. The number of hydrogen-bond donors (Lipinski definition) is 1. The van der Waals surface area contributed by atoms with Gasteiger partial charge < -0.3 is 0 Å². The number of nitrogens with zero attached hydrogens (tertiary/aromatic N) is 3. The molecule has 0 aliphatic carbocycles. The Morgan fingerprint density at radius 2 is 1.68 bits per heavy atom. The van der Waals surface area contributed by atoms with Crippen molar-refractivity contribution in [3.63, 3.8) is 0 Å². The monoisotopic (exact) mass is 332 g/mol. The molecule has 0 unspecified atom stereocenters. The van der Waals surface area contributed by atoms with Gasteiger partial charge in [0.2, 0.25) is 0 Å². The first-order chi connectivity index (χ1) is 12.1. The fourth-order valence-corrected chi connectivity index (χ4v) is 2.66. The molecule has 0 bridgehead atoms. The smallest absolute Gasteiger partial charge is 0.273 e. The van der Waals surface area contributed by atoms with E-state index in [2.05, 4.69) is 10.1 Å². The van der Waals surface area contributed by atoms with Crippen LogP contribution in [0.1, 0.15) is 0 Å². The number of nitro benzene ring substituents is 1. The number of fused-ring (bicyclic) bond motifs is 1. The Hall–Kier alpha value is -3.74. The van der Waals surface area contributed by atoms with Crippen LogP contribution in [0.3, 0.4) is 0 Å². The zero-order valence-corrected chi connectivity index (χ0v) is 12.9. The molecule has 7 heteroatoms. The molecule has 0 saturated heterocycles. The van der Waals surface area contributed by atoms with Crippen LogP contribution in [-0.4, -0.2) is 19.5 Å². The summed E-state index contributed by atoms with van der Waals surface area (Å²) in [5.74, 6) is 0. The number of nitro groups is 1. The second-order valence-corrected chi connectivity index (χ2v) is 5.51. The molecule has 0 spiro atoms. The highest BCUT2D eigenvalue weighted by atomic mass is 16.6. The number of non-ortho nitro benzene ring substituents is 1. The Morgan fingerprint density at radius 3 is 2.36 bits per heavy atom. The maximum atomic E-state index is 12.4. The molecule has 7 nitrogen and oxygen atoms in total. The van der Waals surface area contributed by atoms with Crippen molar-refractivity contribution in [2.75, 3.05) is 0 Å². The number of rotatable bonds is 3. The zero-order valence-electron chi connectivity index (χ0n) is 12.9. The first-order valence-electron chi connectivity index (χ1n) is 7.55. The molecule has 0 amide bonds. The van der Waals surface area contributed by atoms with E-state index in [9.17, 15) is 14.9 Å². The van der Waals surface area contributed by atoms with Gasteiger partial charge in [-0.1, -0.05) is 30.3 Å². The minimum absolute atomic E-state index is 0.00504. The van der Waals surface area contributed by atoms with Gasteiger partial charge in [-0.3, -0.25) is 20.0 Å². The topological polar surface area (TPSA) is 93.3 Å². The summed E-state index contributed by atoms with van der Waals surface area (Å²) in [7, 11) is 0. The molecule has 2 heterocycles. The molecule has 0 atom stereocenters. The third-order valence-corrected chi connectivity index (χ3v) is 3.91. The lowest BCUT2D eigenvalue weighted by molar-refractivity contribution is -0.384. The van der Waals surface area contributed by atoms with Gasteiger partial charge >= 0.3 is 0 Å². The first-order valence-corrected chi connectivity index (χ1v) is 7.55. The van der Waals surface area contributed by atoms with E-state index in [0.717, 1.165) is 11.3 Å². The molecule has 0 aliphatic heterocycles. The zero-order chi connectivity index (χ0) is 17.4. The Labute approximate surface area is 141 Å². The van der Waals surface area contributed by atoms with E-state index < -0.39 is 4.92 Å². The van der Waals surface area contributed by atoms with Gasteiger partial charge in [-0.2, -0.15) is 0 Å². The molecule has 4 rings (SSSR count). The second-order valence-electron chi connectivity index (χ2n) is 5.51. The van der Waals surface area contributed by atoms with Gasteiger partial charge in [-0.25, -0.2) is 9.50 Å². The van der Waals surface area contributed by atoms with Crippen LogP contribution in [-0.2, 0) is 0 Å². The number of aromatic amines is 1. The number of benzene rings is 2. The standard InChI is InChI=1S/C18H12N4O3/c23-18-11-15(13-6-8-14(9-7-13)22(24)25)19-17-10-16(20-21(17)18)12-4-2-1-3-5-12/h1-11,20H. The third-order valence-electron chi connectivity index (χ3n) is 3.91. The van der Waals surface area contributed by atoms with E-state index in [1.807, 2.05) is 30.3 Å². The summed E-state index contributed by atoms with van der Waals surface area (Å²) < 4.78 is 1.37. The van der Waals surface area contributed by atoms with Crippen LogP contribution in [0.25, 0.3) is 28.2 Å². The molecular weight excluding hydrogens is 320 g/mol. The Balaban J connectivity index is 1.81. The van der Waals surface area contributed by atoms with Gasteiger partial charge in [0.1, 0.15) is 0 Å². The van der Waals surface area contributed by atoms with Crippen LogP contribution in [0, 0.1) is 10.1 Å². The molecule has 122 valence electrons. The van der Waals surface area contributed by atoms with E-state index >= 15 is 0 Å². The molecule has 4 aromatic rings. The fraction of sp³-hybridized carbons (Fsp3) is 0. The van der Waals surface area contributed by atoms with Crippen molar-refractivity contribution < 1.29 is 4.92 Å². The predicted molar refractivity (Wildman–Crippen MR) is 93.3 cm³/mol. The summed E-state index contributed by atoms with van der Waals surface area (Å²) in [5.41, 5.74) is 3.08. The fourth-order valence-electron chi connectivity index (χ4n) is 2.66. The summed E-state index contributed by atoms with van der Waals surface area (Å²) in [5, 5.41) is 13.8. The summed E-state index contributed by atoms with van der Waals surface area (Å²) in [6.45, 7) is 0. The van der Waals surface area contributed by atoms with Crippen molar-refractivity contribution in [1.29, 1.82) is 0 Å². The summed E-state index contributed by atoms with van der Waals surface area (Å²) in [4.78, 5) is 27.1. The largest absolute Gasteiger partial charge is 0.289 e. The Morgan fingerprint density at radius 1 is 0.960 bits per heavy atom. The highest BCUT2D eigenvalue weighted by Gasteiger charge is 2.10. The van der Waals surface area contributed by atoms with Crippen LogP contribution < -0.4 is 5.56 Å². The molecule has 1 N–H and O–H groups in total. The van der Waals surface area contributed by atoms with Crippen molar-refractivity contribution in [2.24, 2.45) is 0 Å². The third kappa shape index (κ3) is 2.67. The van der Waals surface area contributed by atoms with Crippen molar-refractivity contribution in [3.05, 3.63) is 87.2 Å². The van der Waals surface area contributed by atoms with Crippen molar-refractivity contribution in [2.45, 2.75) is 0 Å². The second kappa shape index (κ2) is 5.72. The van der Waals surface area contributed by atoms with E-state index in [-0.39, 0.29) is 11.2 Å². The Kier molecular flexibility index (Phi) is 3.39. The van der Waals surface area contributed by atoms with Crippen molar-refractivity contribution >= 4 is 11.3 Å². The highest BCUT2D eigenvalue weighted by molar-refractivity contribution is 5.67. The molecule has 2 aromatic heterocycles. The molecular formula is C18H12N4O3. The highest BCUT2D eigenvalue weighted by Crippen LogP contribution is 2.22. The number of H-pyrrole nitrogens is 1. The number of nitrogens with one attached hydrogen (secondary N) is 1. The maximum Gasteiger partial charge on any atom is 0.273 e. The van der Waals surface area contributed by atoms with Crippen LogP contribution in [0.15, 0.2) is 71.5 Å². The summed E-state index contributed by atoms with van der Waals surface area (Å²) in [6, 6.07) is 18.8. The van der Waals surface area contributed by atoms with Crippen LogP contribution >= 0.6 is 0 Å².